The minimum absolute atomic E-state index is 0.385. The summed E-state index contributed by atoms with van der Waals surface area (Å²) in [4.78, 5) is 22.4. The van der Waals surface area contributed by atoms with Gasteiger partial charge in [-0.15, -0.1) is 11.3 Å². The van der Waals surface area contributed by atoms with Gasteiger partial charge in [0.05, 0.1) is 0 Å². The van der Waals surface area contributed by atoms with Crippen LogP contribution in [-0.4, -0.2) is 22.9 Å². The predicted molar refractivity (Wildman–Crippen MR) is 61.8 cm³/mol. The first-order chi connectivity index (χ1) is 7.61. The van der Waals surface area contributed by atoms with Gasteiger partial charge < -0.3 is 10.8 Å². The van der Waals surface area contributed by atoms with Crippen LogP contribution in [0.1, 0.15) is 10.4 Å². The Balaban J connectivity index is 2.48. The lowest BCUT2D eigenvalue weighted by Gasteiger charge is -2.03. The Bertz CT molecular complexity index is 561. The molecule has 0 bridgehead atoms. The molecule has 0 saturated heterocycles. The van der Waals surface area contributed by atoms with Crippen molar-refractivity contribution < 1.29 is 14.7 Å². The van der Waals surface area contributed by atoms with Crippen molar-refractivity contribution >= 4 is 33.2 Å². The van der Waals surface area contributed by atoms with Crippen LogP contribution in [0, 0.1) is 0 Å². The van der Waals surface area contributed by atoms with Crippen molar-refractivity contribution in [2.75, 3.05) is 0 Å². The van der Waals surface area contributed by atoms with Crippen LogP contribution < -0.4 is 5.73 Å². The summed E-state index contributed by atoms with van der Waals surface area (Å²) in [6.45, 7) is 0. The first-order valence-electron chi connectivity index (χ1n) is 4.60. The number of carbonyl (C=O) groups is 2. The molecule has 3 N–H and O–H groups in total. The smallest absolute Gasteiger partial charge is 0.328 e. The van der Waals surface area contributed by atoms with Crippen LogP contribution in [0.2, 0.25) is 0 Å². The second kappa shape index (κ2) is 4.03. The summed E-state index contributed by atoms with van der Waals surface area (Å²) in [6.07, 6.45) is 0. The number of carbonyl (C=O) groups excluding carboxylic acids is 1. The van der Waals surface area contributed by atoms with E-state index in [1.54, 1.807) is 17.5 Å². The largest absolute Gasteiger partial charge is 0.480 e. The summed E-state index contributed by atoms with van der Waals surface area (Å²) in [5.74, 6) is -1.86. The number of Topliss-reactive ketones (excluding diaryl/α,β-unsaturated/α-hetero) is 1. The van der Waals surface area contributed by atoms with Crippen molar-refractivity contribution in [1.82, 2.24) is 0 Å². The zero-order valence-electron chi connectivity index (χ0n) is 8.21. The number of thiophene rings is 1. The summed E-state index contributed by atoms with van der Waals surface area (Å²) in [7, 11) is 0. The van der Waals surface area contributed by atoms with Crippen LogP contribution in [0.5, 0.6) is 0 Å². The van der Waals surface area contributed by atoms with E-state index in [0.717, 1.165) is 10.1 Å². The molecule has 1 unspecified atom stereocenters. The highest BCUT2D eigenvalue weighted by atomic mass is 32.1. The Morgan fingerprint density at radius 3 is 2.69 bits per heavy atom. The Morgan fingerprint density at radius 1 is 1.31 bits per heavy atom. The van der Waals surface area contributed by atoms with E-state index < -0.39 is 17.8 Å². The van der Waals surface area contributed by atoms with Gasteiger partial charge in [0.1, 0.15) is 0 Å². The van der Waals surface area contributed by atoms with Crippen molar-refractivity contribution in [3.8, 4) is 0 Å². The van der Waals surface area contributed by atoms with E-state index in [1.165, 1.54) is 11.3 Å². The van der Waals surface area contributed by atoms with Gasteiger partial charge in [0.25, 0.3) is 0 Å². The van der Waals surface area contributed by atoms with Crippen molar-refractivity contribution in [1.29, 1.82) is 0 Å². The minimum Gasteiger partial charge on any atom is -0.480 e. The van der Waals surface area contributed by atoms with Crippen LogP contribution in [0.25, 0.3) is 10.1 Å². The molecule has 0 aliphatic rings. The molecule has 0 spiro atoms. The van der Waals surface area contributed by atoms with E-state index in [0.29, 0.717) is 5.56 Å². The Labute approximate surface area is 95.3 Å². The zero-order chi connectivity index (χ0) is 11.7. The number of rotatable bonds is 3. The lowest BCUT2D eigenvalue weighted by molar-refractivity contribution is -0.137. The number of hydrogen-bond donors (Lipinski definition) is 2. The number of benzene rings is 1. The van der Waals surface area contributed by atoms with Gasteiger partial charge in [-0.1, -0.05) is 18.2 Å². The third-order valence-electron chi connectivity index (χ3n) is 2.29. The van der Waals surface area contributed by atoms with Gasteiger partial charge >= 0.3 is 5.97 Å². The van der Waals surface area contributed by atoms with Crippen LogP contribution in [-0.2, 0) is 4.79 Å². The van der Waals surface area contributed by atoms with Crippen molar-refractivity contribution in [2.45, 2.75) is 6.04 Å². The van der Waals surface area contributed by atoms with E-state index in [9.17, 15) is 9.59 Å². The maximum Gasteiger partial charge on any atom is 0.328 e. The monoisotopic (exact) mass is 235 g/mol. The summed E-state index contributed by atoms with van der Waals surface area (Å²) in [6, 6.07) is 5.84. The SMILES string of the molecule is NC(C(=O)O)C(=O)c1csc2ccccc12. The third kappa shape index (κ3) is 1.70. The quantitative estimate of drug-likeness (QED) is 0.624. The number of carboxylic acids is 1. The van der Waals surface area contributed by atoms with Gasteiger partial charge in [0.15, 0.2) is 11.8 Å². The number of fused-ring (bicyclic) bond motifs is 1. The molecule has 2 rings (SSSR count). The van der Waals surface area contributed by atoms with Gasteiger partial charge in [0.2, 0.25) is 0 Å². The molecule has 0 aliphatic heterocycles. The number of aliphatic carboxylic acids is 1. The van der Waals surface area contributed by atoms with E-state index in [4.69, 9.17) is 10.8 Å². The highest BCUT2D eigenvalue weighted by Gasteiger charge is 2.24. The van der Waals surface area contributed by atoms with Crippen LogP contribution in [0.3, 0.4) is 0 Å². The molecule has 0 amide bonds. The fourth-order valence-electron chi connectivity index (χ4n) is 1.45. The Morgan fingerprint density at radius 2 is 2.00 bits per heavy atom. The molecular weight excluding hydrogens is 226 g/mol. The zero-order valence-corrected chi connectivity index (χ0v) is 9.03. The molecule has 0 fully saturated rings. The highest BCUT2D eigenvalue weighted by molar-refractivity contribution is 7.17. The standard InChI is InChI=1S/C11H9NO3S/c12-9(11(14)15)10(13)7-5-16-8-4-2-1-3-6(7)8/h1-5,9H,12H2,(H,14,15). The fourth-order valence-corrected chi connectivity index (χ4v) is 2.40. The van der Waals surface area contributed by atoms with Gasteiger partial charge in [-0.2, -0.15) is 0 Å². The van der Waals surface area contributed by atoms with Gasteiger partial charge in [0, 0.05) is 21.0 Å². The molecular formula is C11H9NO3S. The third-order valence-corrected chi connectivity index (χ3v) is 3.26. The number of hydrogen-bond acceptors (Lipinski definition) is 4. The second-order valence-corrected chi connectivity index (χ2v) is 4.24. The minimum atomic E-state index is -1.49. The summed E-state index contributed by atoms with van der Waals surface area (Å²) >= 11 is 1.40. The van der Waals surface area contributed by atoms with E-state index in [-0.39, 0.29) is 0 Å². The molecule has 0 aliphatic carbocycles. The predicted octanol–water partition coefficient (Wildman–Crippen LogP) is 1.50. The molecule has 1 aromatic heterocycles. The van der Waals surface area contributed by atoms with Gasteiger partial charge in [-0.25, -0.2) is 0 Å². The second-order valence-electron chi connectivity index (χ2n) is 3.33. The summed E-state index contributed by atoms with van der Waals surface area (Å²) in [5, 5.41) is 11.1. The highest BCUT2D eigenvalue weighted by Crippen LogP contribution is 2.26. The Kier molecular flexibility index (Phi) is 2.72. The number of carboxylic acid groups (broad SMARTS) is 1. The lowest BCUT2D eigenvalue weighted by Crippen LogP contribution is -2.38. The van der Waals surface area contributed by atoms with Crippen LogP contribution in [0.4, 0.5) is 0 Å². The molecule has 1 atom stereocenters. The van der Waals surface area contributed by atoms with Crippen LogP contribution in [0.15, 0.2) is 29.6 Å². The first-order valence-corrected chi connectivity index (χ1v) is 5.48. The maximum atomic E-state index is 11.8. The van der Waals surface area contributed by atoms with Crippen molar-refractivity contribution in [2.24, 2.45) is 5.73 Å². The maximum absolute atomic E-state index is 11.8. The summed E-state index contributed by atoms with van der Waals surface area (Å²) in [5.41, 5.74) is 5.68. The molecule has 1 heterocycles. The van der Waals surface area contributed by atoms with E-state index >= 15 is 0 Å². The van der Waals surface area contributed by atoms with Gasteiger partial charge in [-0.05, 0) is 6.07 Å². The molecule has 16 heavy (non-hydrogen) atoms. The number of nitrogens with two attached hydrogens (primary N) is 1. The van der Waals surface area contributed by atoms with Gasteiger partial charge in [-0.3, -0.25) is 9.59 Å². The average molecular weight is 235 g/mol. The normalized spacial score (nSPS) is 12.6. The van der Waals surface area contributed by atoms with Crippen LogP contribution >= 0.6 is 11.3 Å². The fraction of sp³-hybridized carbons (Fsp3) is 0.0909. The van der Waals surface area contributed by atoms with E-state index in [1.807, 2.05) is 12.1 Å². The molecule has 0 saturated carbocycles. The molecule has 82 valence electrons. The van der Waals surface area contributed by atoms with Crippen molar-refractivity contribution in [3.63, 3.8) is 0 Å². The van der Waals surface area contributed by atoms with Crippen molar-refractivity contribution in [3.05, 3.63) is 35.2 Å². The molecule has 5 heteroatoms. The molecule has 1 aromatic carbocycles. The topological polar surface area (TPSA) is 80.4 Å². The van der Waals surface area contributed by atoms with E-state index in [2.05, 4.69) is 0 Å². The first kappa shape index (κ1) is 10.8. The molecule has 4 nitrogen and oxygen atoms in total. The molecule has 2 aromatic rings. The Hall–Kier alpha value is -1.72. The average Bonchev–Trinajstić information content (AvgIpc) is 2.70. The number of ketones is 1. The lowest BCUT2D eigenvalue weighted by atomic mass is 10.0. The summed E-state index contributed by atoms with van der Waals surface area (Å²) < 4.78 is 0.948. The molecule has 0 radical (unpaired) electrons.